The molecule has 0 aliphatic carbocycles. The third-order valence-corrected chi connectivity index (χ3v) is 6.52. The summed E-state index contributed by atoms with van der Waals surface area (Å²) in [7, 11) is 1.58. The predicted molar refractivity (Wildman–Crippen MR) is 127 cm³/mol. The number of benzene rings is 2. The van der Waals surface area contributed by atoms with Gasteiger partial charge in [-0.3, -0.25) is 19.3 Å². The Kier molecular flexibility index (Phi) is 7.17. The summed E-state index contributed by atoms with van der Waals surface area (Å²) >= 11 is 0. The summed E-state index contributed by atoms with van der Waals surface area (Å²) in [5.41, 5.74) is 0.174. The molecule has 1 spiro atoms. The van der Waals surface area contributed by atoms with Crippen LogP contribution in [0.25, 0.3) is 0 Å². The molecule has 0 bridgehead atoms. The number of hydrogen-bond donors (Lipinski definition) is 1. The maximum absolute atomic E-state index is 13.6. The van der Waals surface area contributed by atoms with E-state index in [-0.39, 0.29) is 24.3 Å². The lowest BCUT2D eigenvalue weighted by Crippen LogP contribution is -2.59. The molecule has 2 aromatic rings. The Balaban J connectivity index is 1.53. The number of carbonyl (C=O) groups is 3. The minimum Gasteiger partial charge on any atom is -0.497 e. The van der Waals surface area contributed by atoms with Crippen LogP contribution in [0.15, 0.2) is 54.6 Å². The normalized spacial score (nSPS) is 19.2. The van der Waals surface area contributed by atoms with Crippen molar-refractivity contribution in [3.8, 4) is 5.75 Å². The summed E-state index contributed by atoms with van der Waals surface area (Å²) in [6.07, 6.45) is 1.68. The fourth-order valence-electron chi connectivity index (χ4n) is 4.63. The van der Waals surface area contributed by atoms with Crippen LogP contribution < -0.4 is 10.1 Å². The van der Waals surface area contributed by atoms with Crippen molar-refractivity contribution >= 4 is 17.7 Å². The Morgan fingerprint density at radius 2 is 1.65 bits per heavy atom. The first-order valence-corrected chi connectivity index (χ1v) is 11.7. The monoisotopic (exact) mass is 465 g/mol. The van der Waals surface area contributed by atoms with Crippen LogP contribution in [0.4, 0.5) is 0 Å². The van der Waals surface area contributed by atoms with Gasteiger partial charge in [0.15, 0.2) is 0 Å². The molecule has 2 aromatic carbocycles. The molecule has 2 aliphatic heterocycles. The van der Waals surface area contributed by atoms with Crippen molar-refractivity contribution in [1.29, 1.82) is 0 Å². The van der Waals surface area contributed by atoms with Crippen molar-refractivity contribution in [3.63, 3.8) is 0 Å². The van der Waals surface area contributed by atoms with E-state index in [0.717, 1.165) is 6.42 Å². The van der Waals surface area contributed by atoms with Gasteiger partial charge in [0.05, 0.1) is 13.7 Å². The second kappa shape index (κ2) is 10.3. The highest BCUT2D eigenvalue weighted by Gasteiger charge is 2.54. The van der Waals surface area contributed by atoms with E-state index >= 15 is 0 Å². The number of nitrogens with one attached hydrogen (secondary N) is 1. The minimum absolute atomic E-state index is 0.0753. The summed E-state index contributed by atoms with van der Waals surface area (Å²) in [4.78, 5) is 42.9. The van der Waals surface area contributed by atoms with Crippen LogP contribution in [-0.2, 0) is 9.53 Å². The molecular weight excluding hydrogens is 434 g/mol. The van der Waals surface area contributed by atoms with Gasteiger partial charge in [-0.15, -0.1) is 0 Å². The summed E-state index contributed by atoms with van der Waals surface area (Å²) in [6, 6.07) is 15.3. The average molecular weight is 466 g/mol. The molecule has 0 unspecified atom stereocenters. The van der Waals surface area contributed by atoms with Gasteiger partial charge in [0.1, 0.15) is 17.5 Å². The Labute approximate surface area is 199 Å². The number of amides is 3. The van der Waals surface area contributed by atoms with Crippen LogP contribution in [0.3, 0.4) is 0 Å². The third kappa shape index (κ3) is 4.63. The SMILES string of the molecule is CCCNC(=O)[C@@H]1COC2(CCN(C(=O)c3ccc(OC)cc3)CC2)N1C(=O)c1ccccc1. The first kappa shape index (κ1) is 23.8. The predicted octanol–water partition coefficient (Wildman–Crippen LogP) is 2.69. The van der Waals surface area contributed by atoms with Crippen molar-refractivity contribution < 1.29 is 23.9 Å². The number of nitrogens with zero attached hydrogens (tertiary/aromatic N) is 2. The molecule has 34 heavy (non-hydrogen) atoms. The number of carbonyl (C=O) groups excluding carboxylic acids is 3. The Bertz CT molecular complexity index is 1020. The number of piperidine rings is 1. The van der Waals surface area contributed by atoms with E-state index in [1.165, 1.54) is 0 Å². The van der Waals surface area contributed by atoms with E-state index in [2.05, 4.69) is 5.32 Å². The molecule has 1 N–H and O–H groups in total. The highest BCUT2D eigenvalue weighted by atomic mass is 16.5. The van der Waals surface area contributed by atoms with Crippen LogP contribution in [0.5, 0.6) is 5.75 Å². The first-order chi connectivity index (χ1) is 16.5. The van der Waals surface area contributed by atoms with Crippen molar-refractivity contribution in [3.05, 3.63) is 65.7 Å². The first-order valence-electron chi connectivity index (χ1n) is 11.7. The molecule has 2 fully saturated rings. The number of likely N-dealkylation sites (tertiary alicyclic amines) is 1. The molecule has 3 amide bonds. The van der Waals surface area contributed by atoms with Gasteiger partial charge in [0, 0.05) is 43.6 Å². The molecule has 4 rings (SSSR count). The summed E-state index contributed by atoms with van der Waals surface area (Å²) < 4.78 is 11.4. The summed E-state index contributed by atoms with van der Waals surface area (Å²) in [6.45, 7) is 3.51. The van der Waals surface area contributed by atoms with Gasteiger partial charge in [-0.2, -0.15) is 0 Å². The standard InChI is InChI=1S/C26H31N3O5/c1-3-15-27-23(30)22-18-34-26(29(22)25(32)19-7-5-4-6-8-19)13-16-28(17-14-26)24(31)20-9-11-21(33-2)12-10-20/h4-12,22H,3,13-18H2,1-2H3,(H,27,30)/t22-/m0/s1. The average Bonchev–Trinajstić information content (AvgIpc) is 3.25. The lowest BCUT2D eigenvalue weighted by atomic mass is 9.96. The Hall–Kier alpha value is -3.39. The smallest absolute Gasteiger partial charge is 0.256 e. The maximum Gasteiger partial charge on any atom is 0.256 e. The fraction of sp³-hybridized carbons (Fsp3) is 0.423. The van der Waals surface area contributed by atoms with E-state index in [0.29, 0.717) is 49.4 Å². The number of ether oxygens (including phenoxy) is 2. The van der Waals surface area contributed by atoms with Crippen LogP contribution in [0.2, 0.25) is 0 Å². The van der Waals surface area contributed by atoms with Crippen molar-refractivity contribution in [2.75, 3.05) is 33.4 Å². The molecular formula is C26H31N3O5. The quantitative estimate of drug-likeness (QED) is 0.709. The Morgan fingerprint density at radius 3 is 2.26 bits per heavy atom. The van der Waals surface area contributed by atoms with Gasteiger partial charge in [-0.1, -0.05) is 25.1 Å². The van der Waals surface area contributed by atoms with E-state index < -0.39 is 11.8 Å². The molecule has 180 valence electrons. The van der Waals surface area contributed by atoms with Gasteiger partial charge >= 0.3 is 0 Å². The van der Waals surface area contributed by atoms with Crippen molar-refractivity contribution in [2.45, 2.75) is 38.0 Å². The number of methoxy groups -OCH3 is 1. The number of rotatable bonds is 6. The molecule has 2 heterocycles. The second-order valence-electron chi connectivity index (χ2n) is 8.63. The van der Waals surface area contributed by atoms with Crippen LogP contribution in [0, 0.1) is 0 Å². The molecule has 2 aliphatic rings. The maximum atomic E-state index is 13.6. The van der Waals surface area contributed by atoms with E-state index in [4.69, 9.17) is 9.47 Å². The second-order valence-corrected chi connectivity index (χ2v) is 8.63. The van der Waals surface area contributed by atoms with Gasteiger partial charge in [0.2, 0.25) is 5.91 Å². The van der Waals surface area contributed by atoms with E-state index in [9.17, 15) is 14.4 Å². The molecule has 8 heteroatoms. The lowest BCUT2D eigenvalue weighted by molar-refractivity contribution is -0.128. The highest BCUT2D eigenvalue weighted by molar-refractivity contribution is 5.98. The van der Waals surface area contributed by atoms with Crippen molar-refractivity contribution in [2.24, 2.45) is 0 Å². The zero-order valence-electron chi connectivity index (χ0n) is 19.7. The largest absolute Gasteiger partial charge is 0.497 e. The molecule has 1 atom stereocenters. The molecule has 0 aromatic heterocycles. The van der Waals surface area contributed by atoms with Crippen LogP contribution in [0.1, 0.15) is 46.9 Å². The lowest BCUT2D eigenvalue weighted by Gasteiger charge is -2.44. The van der Waals surface area contributed by atoms with Crippen LogP contribution in [-0.4, -0.2) is 72.6 Å². The van der Waals surface area contributed by atoms with Crippen molar-refractivity contribution in [1.82, 2.24) is 15.1 Å². The summed E-state index contributed by atoms with van der Waals surface area (Å²) in [5, 5.41) is 2.90. The highest BCUT2D eigenvalue weighted by Crippen LogP contribution is 2.38. The molecule has 8 nitrogen and oxygen atoms in total. The summed E-state index contributed by atoms with van der Waals surface area (Å²) in [5.74, 6) is 0.175. The Morgan fingerprint density at radius 1 is 1.00 bits per heavy atom. The zero-order chi connectivity index (χ0) is 24.1. The van der Waals surface area contributed by atoms with E-state index in [1.807, 2.05) is 13.0 Å². The van der Waals surface area contributed by atoms with E-state index in [1.54, 1.807) is 65.4 Å². The van der Waals surface area contributed by atoms with Crippen LogP contribution >= 0.6 is 0 Å². The zero-order valence-corrected chi connectivity index (χ0v) is 19.7. The van der Waals surface area contributed by atoms with Gasteiger partial charge in [-0.25, -0.2) is 0 Å². The molecule has 0 radical (unpaired) electrons. The van der Waals surface area contributed by atoms with Gasteiger partial charge < -0.3 is 19.7 Å². The fourth-order valence-corrected chi connectivity index (χ4v) is 4.63. The minimum atomic E-state index is -0.919. The van der Waals surface area contributed by atoms with Gasteiger partial charge in [-0.05, 0) is 42.8 Å². The molecule has 0 saturated carbocycles. The number of hydrogen-bond acceptors (Lipinski definition) is 5. The third-order valence-electron chi connectivity index (χ3n) is 6.52. The van der Waals surface area contributed by atoms with Gasteiger partial charge in [0.25, 0.3) is 11.8 Å². The molecule has 2 saturated heterocycles. The topological polar surface area (TPSA) is 88.2 Å².